The van der Waals surface area contributed by atoms with Gasteiger partial charge in [-0.3, -0.25) is 9.59 Å². The van der Waals surface area contributed by atoms with Gasteiger partial charge in [0.05, 0.1) is 0 Å². The van der Waals surface area contributed by atoms with Gasteiger partial charge in [0, 0.05) is 0 Å². The number of rotatable bonds is 6. The molecule has 0 rings (SSSR count). The first kappa shape index (κ1) is 14.0. The summed E-state index contributed by atoms with van der Waals surface area (Å²) in [4.78, 5) is 20.6. The van der Waals surface area contributed by atoms with Crippen molar-refractivity contribution in [3.63, 3.8) is 0 Å². The molecule has 0 heterocycles. The molecule has 0 aliphatic heterocycles. The lowest BCUT2D eigenvalue weighted by Crippen LogP contribution is -1.81. The third-order valence-electron chi connectivity index (χ3n) is 1.73. The van der Waals surface area contributed by atoms with E-state index in [2.05, 4.69) is 0 Å². The lowest BCUT2D eigenvalue weighted by atomic mass is 10.1. The Bertz CT molecular complexity index is 330. The first-order valence-electron chi connectivity index (χ1n) is 5.03. The van der Waals surface area contributed by atoms with E-state index in [1.807, 2.05) is 38.2 Å². The Morgan fingerprint density at radius 2 is 1.06 bits per heavy atom. The molecule has 0 aromatic carbocycles. The first-order chi connectivity index (χ1) is 7.79. The van der Waals surface area contributed by atoms with Crippen molar-refractivity contribution in [2.75, 3.05) is 0 Å². The molecular formula is C14H16O2. The van der Waals surface area contributed by atoms with Gasteiger partial charge in [-0.2, -0.15) is 0 Å². The monoisotopic (exact) mass is 216 g/mol. The van der Waals surface area contributed by atoms with Crippen LogP contribution in [0.15, 0.2) is 59.8 Å². The van der Waals surface area contributed by atoms with Crippen molar-refractivity contribution in [1.29, 1.82) is 0 Å². The fourth-order valence-corrected chi connectivity index (χ4v) is 1.14. The standard InChI is InChI=1S/C14H16O2/c1-3-7-13(9-5-11-15)14(8-4-2)10-6-12-16/h3-12H,1-2H3. The minimum absolute atomic E-state index is 0.722. The van der Waals surface area contributed by atoms with Crippen molar-refractivity contribution in [1.82, 2.24) is 0 Å². The van der Waals surface area contributed by atoms with Gasteiger partial charge < -0.3 is 0 Å². The van der Waals surface area contributed by atoms with Gasteiger partial charge in [-0.25, -0.2) is 0 Å². The van der Waals surface area contributed by atoms with Crippen molar-refractivity contribution >= 4 is 12.6 Å². The lowest BCUT2D eigenvalue weighted by Gasteiger charge is -1.99. The van der Waals surface area contributed by atoms with Crippen LogP contribution >= 0.6 is 0 Å². The maximum Gasteiger partial charge on any atom is 0.142 e. The molecule has 0 radical (unpaired) electrons. The second kappa shape index (κ2) is 9.59. The third kappa shape index (κ3) is 5.70. The van der Waals surface area contributed by atoms with Crippen LogP contribution in [0.25, 0.3) is 0 Å². The van der Waals surface area contributed by atoms with E-state index in [9.17, 15) is 9.59 Å². The lowest BCUT2D eigenvalue weighted by molar-refractivity contribution is -0.104. The molecule has 2 nitrogen and oxygen atoms in total. The summed E-state index contributed by atoms with van der Waals surface area (Å²) in [6.45, 7) is 3.79. The molecule has 16 heavy (non-hydrogen) atoms. The normalized spacial score (nSPS) is 14.1. The van der Waals surface area contributed by atoms with E-state index in [-0.39, 0.29) is 0 Å². The van der Waals surface area contributed by atoms with Crippen LogP contribution in [-0.2, 0) is 9.59 Å². The van der Waals surface area contributed by atoms with Crippen LogP contribution in [-0.4, -0.2) is 12.6 Å². The van der Waals surface area contributed by atoms with Gasteiger partial charge in [0.2, 0.25) is 0 Å². The quantitative estimate of drug-likeness (QED) is 0.388. The smallest absolute Gasteiger partial charge is 0.142 e. The number of hydrogen-bond acceptors (Lipinski definition) is 2. The Kier molecular flexibility index (Phi) is 8.41. The van der Waals surface area contributed by atoms with E-state index in [1.54, 1.807) is 12.2 Å². The number of allylic oxidation sites excluding steroid dienone is 10. The number of carbonyl (C=O) groups is 2. The molecule has 0 saturated heterocycles. The maximum absolute atomic E-state index is 10.3. The van der Waals surface area contributed by atoms with Gasteiger partial charge in [0.15, 0.2) is 0 Å². The zero-order chi connectivity index (χ0) is 12.2. The number of hydrogen-bond donors (Lipinski definition) is 0. The van der Waals surface area contributed by atoms with Crippen LogP contribution < -0.4 is 0 Å². The molecule has 0 bridgehead atoms. The molecule has 0 fully saturated rings. The number of aldehydes is 2. The molecule has 0 aliphatic rings. The Hall–Kier alpha value is -1.96. The topological polar surface area (TPSA) is 34.1 Å². The zero-order valence-corrected chi connectivity index (χ0v) is 9.59. The van der Waals surface area contributed by atoms with E-state index < -0.39 is 0 Å². The molecule has 2 heteroatoms. The first-order valence-corrected chi connectivity index (χ1v) is 5.03. The van der Waals surface area contributed by atoms with E-state index in [0.717, 1.165) is 23.7 Å². The van der Waals surface area contributed by atoms with Crippen molar-refractivity contribution < 1.29 is 9.59 Å². The minimum atomic E-state index is 0.722. The highest BCUT2D eigenvalue weighted by atomic mass is 16.1. The summed E-state index contributed by atoms with van der Waals surface area (Å²) in [6, 6.07) is 0. The van der Waals surface area contributed by atoms with Gasteiger partial charge in [-0.1, -0.05) is 36.5 Å². The molecule has 0 saturated carbocycles. The SMILES string of the molecule is CC=CC(C=CC=O)=C(C=CC)C=CC=O. The van der Waals surface area contributed by atoms with Crippen molar-refractivity contribution in [3.05, 3.63) is 59.8 Å². The summed E-state index contributed by atoms with van der Waals surface area (Å²) in [5.74, 6) is 0. The molecular weight excluding hydrogens is 200 g/mol. The second-order valence-corrected chi connectivity index (χ2v) is 2.90. The average molecular weight is 216 g/mol. The Balaban J connectivity index is 5.40. The molecule has 0 aromatic rings. The largest absolute Gasteiger partial charge is 0.299 e. The van der Waals surface area contributed by atoms with Crippen molar-refractivity contribution in [3.8, 4) is 0 Å². The van der Waals surface area contributed by atoms with Crippen LogP contribution in [0, 0.1) is 0 Å². The Labute approximate surface area is 96.4 Å². The van der Waals surface area contributed by atoms with Crippen molar-refractivity contribution in [2.45, 2.75) is 13.8 Å². The summed E-state index contributed by atoms with van der Waals surface area (Å²) >= 11 is 0. The van der Waals surface area contributed by atoms with Crippen LogP contribution in [0.5, 0.6) is 0 Å². The predicted molar refractivity (Wildman–Crippen MR) is 67.1 cm³/mol. The summed E-state index contributed by atoms with van der Waals surface area (Å²) in [7, 11) is 0. The molecule has 0 aromatic heterocycles. The molecule has 0 spiro atoms. The van der Waals surface area contributed by atoms with Gasteiger partial charge in [0.25, 0.3) is 0 Å². The highest BCUT2D eigenvalue weighted by molar-refractivity contribution is 5.69. The van der Waals surface area contributed by atoms with Crippen LogP contribution in [0.4, 0.5) is 0 Å². The fourth-order valence-electron chi connectivity index (χ4n) is 1.14. The van der Waals surface area contributed by atoms with E-state index in [0.29, 0.717) is 0 Å². The van der Waals surface area contributed by atoms with E-state index >= 15 is 0 Å². The molecule has 0 unspecified atom stereocenters. The molecule has 0 atom stereocenters. The van der Waals surface area contributed by atoms with Crippen LogP contribution in [0.1, 0.15) is 13.8 Å². The van der Waals surface area contributed by atoms with Crippen LogP contribution in [0.2, 0.25) is 0 Å². The fraction of sp³-hybridized carbons (Fsp3) is 0.143. The Morgan fingerprint density at radius 3 is 1.31 bits per heavy atom. The average Bonchev–Trinajstić information content (AvgIpc) is 2.30. The number of carbonyl (C=O) groups excluding carboxylic acids is 2. The summed E-state index contributed by atoms with van der Waals surface area (Å²) in [5, 5.41) is 0. The third-order valence-corrected chi connectivity index (χ3v) is 1.73. The molecule has 0 amide bonds. The summed E-state index contributed by atoms with van der Waals surface area (Å²) in [5.41, 5.74) is 1.76. The van der Waals surface area contributed by atoms with Crippen molar-refractivity contribution in [2.24, 2.45) is 0 Å². The van der Waals surface area contributed by atoms with Gasteiger partial charge in [-0.05, 0) is 37.1 Å². The molecule has 0 N–H and O–H groups in total. The zero-order valence-electron chi connectivity index (χ0n) is 9.59. The summed E-state index contributed by atoms with van der Waals surface area (Å²) in [6.07, 6.45) is 15.2. The van der Waals surface area contributed by atoms with Gasteiger partial charge >= 0.3 is 0 Å². The second-order valence-electron chi connectivity index (χ2n) is 2.90. The van der Waals surface area contributed by atoms with E-state index in [1.165, 1.54) is 12.2 Å². The van der Waals surface area contributed by atoms with Crippen LogP contribution in [0.3, 0.4) is 0 Å². The van der Waals surface area contributed by atoms with Gasteiger partial charge in [-0.15, -0.1) is 0 Å². The minimum Gasteiger partial charge on any atom is -0.299 e. The highest BCUT2D eigenvalue weighted by Crippen LogP contribution is 2.11. The molecule has 84 valence electrons. The van der Waals surface area contributed by atoms with Gasteiger partial charge in [0.1, 0.15) is 12.6 Å². The Morgan fingerprint density at radius 1 is 0.688 bits per heavy atom. The highest BCUT2D eigenvalue weighted by Gasteiger charge is 1.93. The van der Waals surface area contributed by atoms with E-state index in [4.69, 9.17) is 0 Å². The predicted octanol–water partition coefficient (Wildman–Crippen LogP) is 2.95. The molecule has 0 aliphatic carbocycles. The summed E-state index contributed by atoms with van der Waals surface area (Å²) < 4.78 is 0. The maximum atomic E-state index is 10.3.